The molecule has 4 rings (SSSR count). The highest BCUT2D eigenvalue weighted by Crippen LogP contribution is 2.37. The van der Waals surface area contributed by atoms with Crippen molar-refractivity contribution in [1.82, 2.24) is 19.5 Å². The van der Waals surface area contributed by atoms with Crippen molar-refractivity contribution in [3.8, 4) is 11.5 Å². The fraction of sp³-hybridized carbons (Fsp3) is 0.154. The number of nitrogens with zero attached hydrogens (tertiary/aromatic N) is 3. The van der Waals surface area contributed by atoms with Crippen LogP contribution in [0.3, 0.4) is 0 Å². The van der Waals surface area contributed by atoms with Gasteiger partial charge in [-0.05, 0) is 17.7 Å². The Bertz CT molecular complexity index is 999. The van der Waals surface area contributed by atoms with E-state index in [4.69, 9.17) is 26.8 Å². The largest absolute Gasteiger partial charge is 0.454 e. The highest BCUT2D eigenvalue weighted by molar-refractivity contribution is 9.10. The van der Waals surface area contributed by atoms with Crippen LogP contribution in [0.1, 0.15) is 5.56 Å². The monoisotopic (exact) mass is 397 g/mol. The van der Waals surface area contributed by atoms with E-state index >= 15 is 0 Å². The lowest BCUT2D eigenvalue weighted by Gasteiger charge is -2.07. The van der Waals surface area contributed by atoms with Crippen LogP contribution in [0.15, 0.2) is 21.4 Å². The molecular weight excluding hydrogens is 390 g/mol. The summed E-state index contributed by atoms with van der Waals surface area (Å²) in [7, 11) is 0. The van der Waals surface area contributed by atoms with Gasteiger partial charge in [-0.1, -0.05) is 27.5 Å². The summed E-state index contributed by atoms with van der Waals surface area (Å²) < 4.78 is 12.9. The number of hydrogen-bond acceptors (Lipinski definition) is 6. The Balaban J connectivity index is 1.85. The average Bonchev–Trinajstić information content (AvgIpc) is 3.05. The van der Waals surface area contributed by atoms with E-state index in [1.165, 1.54) is 4.57 Å². The summed E-state index contributed by atoms with van der Waals surface area (Å²) in [5.74, 6) is 1.28. The number of imidazole rings is 1. The second-order valence-corrected chi connectivity index (χ2v) is 6.10. The minimum Gasteiger partial charge on any atom is -0.454 e. The number of nitrogen functional groups attached to an aromatic ring is 1. The maximum atomic E-state index is 12.2. The van der Waals surface area contributed by atoms with E-state index < -0.39 is 0 Å². The van der Waals surface area contributed by atoms with Crippen molar-refractivity contribution >= 4 is 44.6 Å². The number of hydrogen-bond donors (Lipinski definition) is 2. The molecule has 0 spiro atoms. The summed E-state index contributed by atoms with van der Waals surface area (Å²) in [6, 6.07) is 3.61. The normalized spacial score (nSPS) is 13.0. The van der Waals surface area contributed by atoms with Gasteiger partial charge in [-0.3, -0.25) is 4.57 Å². The Morgan fingerprint density at radius 3 is 2.87 bits per heavy atom. The molecule has 0 radical (unpaired) electrons. The first-order chi connectivity index (χ1) is 11.0. The molecule has 3 aromatic rings. The van der Waals surface area contributed by atoms with Gasteiger partial charge in [0.15, 0.2) is 22.3 Å². The number of nitrogens with two attached hydrogens (primary N) is 1. The molecule has 0 amide bonds. The van der Waals surface area contributed by atoms with Gasteiger partial charge in [-0.15, -0.1) is 0 Å². The van der Waals surface area contributed by atoms with Gasteiger partial charge in [0, 0.05) is 4.47 Å². The number of halogens is 2. The molecular formula is C13H9BrClN5O3. The highest BCUT2D eigenvalue weighted by Gasteiger charge is 2.19. The molecule has 0 saturated carbocycles. The van der Waals surface area contributed by atoms with Crippen LogP contribution in [-0.2, 0) is 6.54 Å². The van der Waals surface area contributed by atoms with Gasteiger partial charge < -0.3 is 20.2 Å². The number of benzene rings is 1. The minimum absolute atomic E-state index is 0.00000219. The van der Waals surface area contributed by atoms with Crippen molar-refractivity contribution in [3.63, 3.8) is 0 Å². The summed E-state index contributed by atoms with van der Waals surface area (Å²) in [4.78, 5) is 22.8. The van der Waals surface area contributed by atoms with E-state index in [9.17, 15) is 4.79 Å². The number of ether oxygens (including phenoxy) is 2. The molecule has 0 bridgehead atoms. The fourth-order valence-electron chi connectivity index (χ4n) is 2.41. The third-order valence-electron chi connectivity index (χ3n) is 3.47. The van der Waals surface area contributed by atoms with Gasteiger partial charge in [-0.2, -0.15) is 9.97 Å². The number of rotatable bonds is 2. The van der Waals surface area contributed by atoms with E-state index in [1.54, 1.807) is 6.07 Å². The van der Waals surface area contributed by atoms with Crippen LogP contribution in [-0.4, -0.2) is 26.3 Å². The van der Waals surface area contributed by atoms with E-state index in [2.05, 4.69) is 30.9 Å². The summed E-state index contributed by atoms with van der Waals surface area (Å²) in [6.45, 7) is 0.431. The van der Waals surface area contributed by atoms with Crippen LogP contribution in [0, 0.1) is 0 Å². The molecule has 1 aliphatic heterocycles. The van der Waals surface area contributed by atoms with Crippen molar-refractivity contribution < 1.29 is 9.47 Å². The van der Waals surface area contributed by atoms with Crippen molar-refractivity contribution in [3.05, 3.63) is 37.8 Å². The fourth-order valence-corrected chi connectivity index (χ4v) is 3.08. The Morgan fingerprint density at radius 2 is 2.09 bits per heavy atom. The summed E-state index contributed by atoms with van der Waals surface area (Å²) in [5, 5.41) is 0.105. The number of H-pyrrole nitrogens is 1. The lowest BCUT2D eigenvalue weighted by Crippen LogP contribution is -2.18. The van der Waals surface area contributed by atoms with Gasteiger partial charge in [-0.25, -0.2) is 4.79 Å². The smallest absolute Gasteiger partial charge is 0.328 e. The molecule has 0 unspecified atom stereocenters. The number of fused-ring (bicyclic) bond motifs is 2. The lowest BCUT2D eigenvalue weighted by molar-refractivity contribution is 0.174. The standard InChI is InChI=1S/C13H9BrClN5O3/c14-6-2-8-7(22-4-23-8)1-5(6)3-20-11-9(17-13(20)21)10(15)18-12(16)19-11/h1-2H,3-4H2,(H,17,21)(H2,16,18,19). The maximum Gasteiger partial charge on any atom is 0.328 e. The van der Waals surface area contributed by atoms with E-state index in [0.717, 1.165) is 10.0 Å². The van der Waals surface area contributed by atoms with Crippen LogP contribution in [0.25, 0.3) is 11.2 Å². The van der Waals surface area contributed by atoms with Crippen molar-refractivity contribution in [2.45, 2.75) is 6.54 Å². The van der Waals surface area contributed by atoms with Gasteiger partial charge in [0.1, 0.15) is 5.52 Å². The Morgan fingerprint density at radius 1 is 1.35 bits per heavy atom. The number of aromatic nitrogens is 4. The van der Waals surface area contributed by atoms with Crippen LogP contribution < -0.4 is 20.9 Å². The molecule has 0 aliphatic carbocycles. The molecule has 23 heavy (non-hydrogen) atoms. The first kappa shape index (κ1) is 14.3. The molecule has 0 atom stereocenters. The molecule has 10 heteroatoms. The van der Waals surface area contributed by atoms with E-state index in [0.29, 0.717) is 22.7 Å². The maximum absolute atomic E-state index is 12.2. The van der Waals surface area contributed by atoms with Crippen molar-refractivity contribution in [1.29, 1.82) is 0 Å². The Kier molecular flexibility index (Phi) is 3.20. The SMILES string of the molecule is Nc1nc(Cl)c2[nH]c(=O)n(Cc3cc4c(cc3Br)OCO4)c2n1. The summed E-state index contributed by atoms with van der Waals surface area (Å²) >= 11 is 9.47. The van der Waals surface area contributed by atoms with Gasteiger partial charge in [0.2, 0.25) is 12.7 Å². The molecule has 1 aliphatic rings. The second-order valence-electron chi connectivity index (χ2n) is 4.88. The van der Waals surface area contributed by atoms with E-state index in [-0.39, 0.29) is 30.1 Å². The molecule has 8 nitrogen and oxygen atoms in total. The van der Waals surface area contributed by atoms with Crippen LogP contribution in [0.4, 0.5) is 5.95 Å². The van der Waals surface area contributed by atoms with Crippen LogP contribution in [0.2, 0.25) is 5.15 Å². The summed E-state index contributed by atoms with van der Waals surface area (Å²) in [5.41, 5.74) is 6.78. The predicted molar refractivity (Wildman–Crippen MR) is 86.9 cm³/mol. The summed E-state index contributed by atoms with van der Waals surface area (Å²) in [6.07, 6.45) is 0. The number of aromatic amines is 1. The second kappa shape index (κ2) is 5.14. The van der Waals surface area contributed by atoms with Gasteiger partial charge >= 0.3 is 5.69 Å². The third-order valence-corrected chi connectivity index (χ3v) is 4.48. The van der Waals surface area contributed by atoms with Gasteiger partial charge in [0.05, 0.1) is 6.54 Å². The highest BCUT2D eigenvalue weighted by atomic mass is 79.9. The minimum atomic E-state index is -0.355. The first-order valence-electron chi connectivity index (χ1n) is 6.52. The first-order valence-corrected chi connectivity index (χ1v) is 7.69. The zero-order valence-corrected chi connectivity index (χ0v) is 13.8. The molecule has 0 saturated heterocycles. The zero-order valence-electron chi connectivity index (χ0n) is 11.5. The Hall–Kier alpha value is -2.26. The van der Waals surface area contributed by atoms with Crippen molar-refractivity contribution in [2.75, 3.05) is 12.5 Å². The molecule has 2 aromatic heterocycles. The molecule has 118 valence electrons. The van der Waals surface area contributed by atoms with Crippen LogP contribution >= 0.6 is 27.5 Å². The zero-order chi connectivity index (χ0) is 16.1. The average molecular weight is 399 g/mol. The number of anilines is 1. The van der Waals surface area contributed by atoms with Gasteiger partial charge in [0.25, 0.3) is 0 Å². The Labute approximate surface area is 142 Å². The van der Waals surface area contributed by atoms with Crippen LogP contribution in [0.5, 0.6) is 11.5 Å². The number of nitrogens with one attached hydrogen (secondary N) is 1. The van der Waals surface area contributed by atoms with E-state index in [1.807, 2.05) is 6.07 Å². The third kappa shape index (κ3) is 2.32. The van der Waals surface area contributed by atoms with Crippen molar-refractivity contribution in [2.24, 2.45) is 0 Å². The molecule has 3 N–H and O–H groups in total. The molecule has 0 fully saturated rings. The molecule has 3 heterocycles. The predicted octanol–water partition coefficient (Wildman–Crippen LogP) is 1.89. The topological polar surface area (TPSA) is 108 Å². The lowest BCUT2D eigenvalue weighted by atomic mass is 10.2. The molecule has 1 aromatic carbocycles. The quantitative estimate of drug-likeness (QED) is 0.638.